The van der Waals surface area contributed by atoms with E-state index in [2.05, 4.69) is 36.5 Å². The summed E-state index contributed by atoms with van der Waals surface area (Å²) in [6, 6.07) is 12.4. The summed E-state index contributed by atoms with van der Waals surface area (Å²) in [6.07, 6.45) is 0.912. The fourth-order valence-corrected chi connectivity index (χ4v) is 3.26. The highest BCUT2D eigenvalue weighted by molar-refractivity contribution is 6.35. The van der Waals surface area contributed by atoms with Crippen LogP contribution in [0.3, 0.4) is 0 Å². The standard InChI is InChI=1S/C17H17Cl2NO/c1-11-3-2-4-12(7-11)10-20-16-5-6-21-17-14(16)8-13(18)9-15(17)19/h2-4,7-9,16,20H,5-6,10H2,1H3. The molecule has 0 fully saturated rings. The number of aryl methyl sites for hydroxylation is 1. The molecule has 3 rings (SSSR count). The molecule has 1 unspecified atom stereocenters. The third-order valence-corrected chi connectivity index (χ3v) is 4.20. The summed E-state index contributed by atoms with van der Waals surface area (Å²) in [5, 5.41) is 4.81. The van der Waals surface area contributed by atoms with Crippen LogP contribution < -0.4 is 10.1 Å². The molecule has 110 valence electrons. The van der Waals surface area contributed by atoms with E-state index in [1.165, 1.54) is 11.1 Å². The first-order valence-corrected chi connectivity index (χ1v) is 7.80. The zero-order valence-electron chi connectivity index (χ0n) is 11.8. The van der Waals surface area contributed by atoms with Crippen molar-refractivity contribution in [1.82, 2.24) is 5.32 Å². The molecule has 2 aromatic rings. The van der Waals surface area contributed by atoms with Gasteiger partial charge in [0.2, 0.25) is 0 Å². The predicted octanol–water partition coefficient (Wildman–Crippen LogP) is 4.92. The van der Waals surface area contributed by atoms with Crippen LogP contribution in [0.2, 0.25) is 10.0 Å². The number of hydrogen-bond donors (Lipinski definition) is 1. The molecule has 1 atom stereocenters. The maximum atomic E-state index is 6.21. The van der Waals surface area contributed by atoms with E-state index in [1.807, 2.05) is 6.07 Å². The van der Waals surface area contributed by atoms with Gasteiger partial charge in [-0.25, -0.2) is 0 Å². The average Bonchev–Trinajstić information content (AvgIpc) is 2.45. The quantitative estimate of drug-likeness (QED) is 0.866. The van der Waals surface area contributed by atoms with Gasteiger partial charge in [-0.15, -0.1) is 0 Å². The van der Waals surface area contributed by atoms with Gasteiger partial charge in [0.05, 0.1) is 11.6 Å². The smallest absolute Gasteiger partial charge is 0.142 e. The molecule has 0 spiro atoms. The van der Waals surface area contributed by atoms with Crippen molar-refractivity contribution < 1.29 is 4.74 Å². The second-order valence-corrected chi connectivity index (χ2v) is 6.21. The van der Waals surface area contributed by atoms with Crippen molar-refractivity contribution in [2.75, 3.05) is 6.61 Å². The zero-order chi connectivity index (χ0) is 14.8. The normalized spacial score (nSPS) is 17.2. The van der Waals surface area contributed by atoms with Crippen molar-refractivity contribution in [3.05, 3.63) is 63.1 Å². The zero-order valence-corrected chi connectivity index (χ0v) is 13.3. The molecule has 1 aliphatic rings. The second kappa shape index (κ2) is 6.27. The highest BCUT2D eigenvalue weighted by Crippen LogP contribution is 2.40. The van der Waals surface area contributed by atoms with E-state index in [1.54, 1.807) is 6.07 Å². The van der Waals surface area contributed by atoms with Crippen LogP contribution in [-0.4, -0.2) is 6.61 Å². The highest BCUT2D eigenvalue weighted by atomic mass is 35.5. The number of nitrogens with one attached hydrogen (secondary N) is 1. The maximum Gasteiger partial charge on any atom is 0.142 e. The Morgan fingerprint density at radius 1 is 1.24 bits per heavy atom. The molecule has 1 N–H and O–H groups in total. The lowest BCUT2D eigenvalue weighted by Gasteiger charge is -2.28. The molecule has 0 bridgehead atoms. The van der Waals surface area contributed by atoms with Gasteiger partial charge in [-0.3, -0.25) is 0 Å². The Balaban J connectivity index is 1.79. The summed E-state index contributed by atoms with van der Waals surface area (Å²) in [5.74, 6) is 0.758. The van der Waals surface area contributed by atoms with E-state index in [0.717, 1.165) is 24.3 Å². The summed E-state index contributed by atoms with van der Waals surface area (Å²) in [6.45, 7) is 3.59. The molecule has 0 amide bonds. The Labute approximate surface area is 135 Å². The molecule has 4 heteroatoms. The molecule has 0 radical (unpaired) electrons. The number of benzene rings is 2. The van der Waals surface area contributed by atoms with E-state index in [4.69, 9.17) is 27.9 Å². The van der Waals surface area contributed by atoms with Gasteiger partial charge in [0, 0.05) is 29.6 Å². The third kappa shape index (κ3) is 3.34. The molecule has 0 aromatic heterocycles. The summed E-state index contributed by atoms with van der Waals surface area (Å²) in [5.41, 5.74) is 3.59. The first-order chi connectivity index (χ1) is 10.1. The van der Waals surface area contributed by atoms with Crippen LogP contribution in [0.15, 0.2) is 36.4 Å². The fraction of sp³-hybridized carbons (Fsp3) is 0.294. The lowest BCUT2D eigenvalue weighted by Crippen LogP contribution is -2.27. The molecular weight excluding hydrogens is 305 g/mol. The lowest BCUT2D eigenvalue weighted by molar-refractivity contribution is 0.252. The molecule has 0 saturated heterocycles. The van der Waals surface area contributed by atoms with Crippen LogP contribution in [0.25, 0.3) is 0 Å². The fourth-order valence-electron chi connectivity index (χ4n) is 2.70. The number of fused-ring (bicyclic) bond motifs is 1. The topological polar surface area (TPSA) is 21.3 Å². The minimum absolute atomic E-state index is 0.213. The Hall–Kier alpha value is -1.22. The Kier molecular flexibility index (Phi) is 4.39. The minimum Gasteiger partial charge on any atom is -0.492 e. The molecule has 0 saturated carbocycles. The van der Waals surface area contributed by atoms with E-state index < -0.39 is 0 Å². The maximum absolute atomic E-state index is 6.21. The predicted molar refractivity (Wildman–Crippen MR) is 87.3 cm³/mol. The molecule has 2 aromatic carbocycles. The van der Waals surface area contributed by atoms with Crippen LogP contribution in [0, 0.1) is 6.92 Å². The van der Waals surface area contributed by atoms with Gasteiger partial charge >= 0.3 is 0 Å². The van der Waals surface area contributed by atoms with Gasteiger partial charge < -0.3 is 10.1 Å². The molecule has 0 aliphatic carbocycles. The van der Waals surface area contributed by atoms with Gasteiger partial charge in [-0.05, 0) is 24.6 Å². The number of ether oxygens (including phenoxy) is 1. The number of halogens is 2. The lowest BCUT2D eigenvalue weighted by atomic mass is 10.00. The van der Waals surface area contributed by atoms with E-state index in [9.17, 15) is 0 Å². The molecule has 1 heterocycles. The molecule has 21 heavy (non-hydrogen) atoms. The van der Waals surface area contributed by atoms with Crippen molar-refractivity contribution in [3.63, 3.8) is 0 Å². The minimum atomic E-state index is 0.213. The second-order valence-electron chi connectivity index (χ2n) is 5.37. The van der Waals surface area contributed by atoms with E-state index in [-0.39, 0.29) is 6.04 Å². The monoisotopic (exact) mass is 321 g/mol. The SMILES string of the molecule is Cc1cccc(CNC2CCOc3c(Cl)cc(Cl)cc32)c1. The van der Waals surface area contributed by atoms with Crippen LogP contribution in [0.5, 0.6) is 5.75 Å². The van der Waals surface area contributed by atoms with Gasteiger partial charge in [-0.2, -0.15) is 0 Å². The Morgan fingerprint density at radius 3 is 2.90 bits per heavy atom. The molecular formula is C17H17Cl2NO. The van der Waals surface area contributed by atoms with Crippen molar-refractivity contribution >= 4 is 23.2 Å². The first kappa shape index (κ1) is 14.7. The van der Waals surface area contributed by atoms with E-state index in [0.29, 0.717) is 16.7 Å². The summed E-state index contributed by atoms with van der Waals surface area (Å²) < 4.78 is 5.68. The highest BCUT2D eigenvalue weighted by Gasteiger charge is 2.23. The average molecular weight is 322 g/mol. The molecule has 2 nitrogen and oxygen atoms in total. The third-order valence-electron chi connectivity index (χ3n) is 3.70. The number of rotatable bonds is 3. The first-order valence-electron chi connectivity index (χ1n) is 7.04. The Bertz CT molecular complexity index is 657. The largest absolute Gasteiger partial charge is 0.492 e. The summed E-state index contributed by atoms with van der Waals surface area (Å²) in [4.78, 5) is 0. The van der Waals surface area contributed by atoms with Gasteiger partial charge in [0.1, 0.15) is 5.75 Å². The summed E-state index contributed by atoms with van der Waals surface area (Å²) >= 11 is 12.3. The van der Waals surface area contributed by atoms with Crippen LogP contribution in [0.4, 0.5) is 0 Å². The van der Waals surface area contributed by atoms with Crippen molar-refractivity contribution in [1.29, 1.82) is 0 Å². The summed E-state index contributed by atoms with van der Waals surface area (Å²) in [7, 11) is 0. The van der Waals surface area contributed by atoms with Crippen molar-refractivity contribution in [3.8, 4) is 5.75 Å². The Morgan fingerprint density at radius 2 is 2.10 bits per heavy atom. The van der Waals surface area contributed by atoms with Crippen LogP contribution in [0.1, 0.15) is 29.2 Å². The van der Waals surface area contributed by atoms with Gasteiger partial charge in [-0.1, -0.05) is 53.0 Å². The van der Waals surface area contributed by atoms with Crippen molar-refractivity contribution in [2.45, 2.75) is 25.9 Å². The molecule has 1 aliphatic heterocycles. The van der Waals surface area contributed by atoms with Crippen molar-refractivity contribution in [2.24, 2.45) is 0 Å². The van der Waals surface area contributed by atoms with Gasteiger partial charge in [0.25, 0.3) is 0 Å². The van der Waals surface area contributed by atoms with Gasteiger partial charge in [0.15, 0.2) is 0 Å². The van der Waals surface area contributed by atoms with E-state index >= 15 is 0 Å². The van der Waals surface area contributed by atoms with Crippen LogP contribution >= 0.6 is 23.2 Å². The van der Waals surface area contributed by atoms with Crippen LogP contribution in [-0.2, 0) is 6.54 Å². The number of hydrogen-bond acceptors (Lipinski definition) is 2.